The molecule has 0 fully saturated rings. The van der Waals surface area contributed by atoms with Gasteiger partial charge in [0.2, 0.25) is 5.95 Å². The molecular formula is C18H23N7. The summed E-state index contributed by atoms with van der Waals surface area (Å²) in [6, 6.07) is 4.00. The molecule has 130 valence electrons. The number of hydrogen-bond acceptors (Lipinski definition) is 7. The molecule has 0 saturated carbocycles. The number of nitrogens with one attached hydrogen (secondary N) is 3. The Hall–Kier alpha value is -2.80. The molecule has 0 spiro atoms. The zero-order chi connectivity index (χ0) is 17.6. The van der Waals surface area contributed by atoms with Gasteiger partial charge >= 0.3 is 0 Å². The summed E-state index contributed by atoms with van der Waals surface area (Å²) in [7, 11) is 1.77. The highest BCUT2D eigenvalue weighted by Crippen LogP contribution is 2.29. The fourth-order valence-electron chi connectivity index (χ4n) is 2.99. The molecular weight excluding hydrogens is 314 g/mol. The van der Waals surface area contributed by atoms with Gasteiger partial charge in [-0.25, -0.2) is 9.97 Å². The zero-order valence-corrected chi connectivity index (χ0v) is 14.3. The van der Waals surface area contributed by atoms with Crippen molar-refractivity contribution < 1.29 is 0 Å². The van der Waals surface area contributed by atoms with Crippen LogP contribution in [-0.4, -0.2) is 28.2 Å². The number of allylic oxidation sites excluding steroid dienone is 1. The molecule has 2 aromatic rings. The average Bonchev–Trinajstić information content (AvgIpc) is 2.82. The minimum atomic E-state index is 0.0727. The Labute approximate surface area is 147 Å². The summed E-state index contributed by atoms with van der Waals surface area (Å²) in [6.07, 6.45) is 10.8. The van der Waals surface area contributed by atoms with Gasteiger partial charge in [-0.15, -0.1) is 0 Å². The Morgan fingerprint density at radius 2 is 2.20 bits per heavy atom. The molecule has 0 aliphatic heterocycles. The largest absolute Gasteiger partial charge is 0.392 e. The van der Waals surface area contributed by atoms with E-state index in [1.807, 2.05) is 12.3 Å². The standard InChI is InChI=1S/C18H23N7/c1-21-10-13(9-19)24-18-22-7-6-16(25-18)17-8-12-4-2-3-5-15(20)14(12)11-23-17/h6-11,15,19,21H,2-5,20H2,1H3,(H,22,24,25)/b13-10+,19-9?. The predicted octanol–water partition coefficient (Wildman–Crippen LogP) is 2.39. The first-order chi connectivity index (χ1) is 12.2. The van der Waals surface area contributed by atoms with Crippen LogP contribution in [0.15, 0.2) is 36.4 Å². The summed E-state index contributed by atoms with van der Waals surface area (Å²) in [6.45, 7) is 0. The highest BCUT2D eigenvalue weighted by atomic mass is 15.1. The van der Waals surface area contributed by atoms with Gasteiger partial charge in [-0.3, -0.25) is 4.98 Å². The van der Waals surface area contributed by atoms with E-state index in [0.717, 1.165) is 42.6 Å². The second kappa shape index (κ2) is 7.85. The van der Waals surface area contributed by atoms with Gasteiger partial charge in [-0.1, -0.05) is 6.42 Å². The van der Waals surface area contributed by atoms with Gasteiger partial charge in [0.15, 0.2) is 0 Å². The molecule has 1 aliphatic rings. The number of hydrogen-bond donors (Lipinski definition) is 4. The third-order valence-corrected chi connectivity index (χ3v) is 4.26. The molecule has 2 aromatic heterocycles. The van der Waals surface area contributed by atoms with Gasteiger partial charge in [0.05, 0.1) is 17.1 Å². The lowest BCUT2D eigenvalue weighted by molar-refractivity contribution is 0.614. The van der Waals surface area contributed by atoms with Gasteiger partial charge in [-0.05, 0) is 42.5 Å². The summed E-state index contributed by atoms with van der Waals surface area (Å²) < 4.78 is 0. The van der Waals surface area contributed by atoms with E-state index >= 15 is 0 Å². The molecule has 7 heteroatoms. The maximum Gasteiger partial charge on any atom is 0.227 e. The van der Waals surface area contributed by atoms with Crippen LogP contribution < -0.4 is 16.4 Å². The van der Waals surface area contributed by atoms with Crippen LogP contribution in [0.4, 0.5) is 5.95 Å². The topological polar surface area (TPSA) is 113 Å². The smallest absolute Gasteiger partial charge is 0.227 e. The van der Waals surface area contributed by atoms with E-state index in [2.05, 4.69) is 31.7 Å². The van der Waals surface area contributed by atoms with Crippen LogP contribution in [-0.2, 0) is 6.42 Å². The first kappa shape index (κ1) is 17.0. The number of rotatable bonds is 5. The Kier molecular flexibility index (Phi) is 5.35. The third-order valence-electron chi connectivity index (χ3n) is 4.26. The van der Waals surface area contributed by atoms with Crippen LogP contribution >= 0.6 is 0 Å². The van der Waals surface area contributed by atoms with Crippen molar-refractivity contribution in [2.24, 2.45) is 5.73 Å². The van der Waals surface area contributed by atoms with Crippen molar-refractivity contribution in [3.63, 3.8) is 0 Å². The van der Waals surface area contributed by atoms with Crippen molar-refractivity contribution in [2.45, 2.75) is 31.7 Å². The molecule has 0 bridgehead atoms. The number of nitrogens with two attached hydrogens (primary N) is 1. The number of fused-ring (bicyclic) bond motifs is 1. The van der Waals surface area contributed by atoms with Crippen molar-refractivity contribution >= 4 is 12.2 Å². The summed E-state index contributed by atoms with van der Waals surface area (Å²) >= 11 is 0. The number of aromatic nitrogens is 3. The van der Waals surface area contributed by atoms with Crippen molar-refractivity contribution in [3.05, 3.63) is 47.6 Å². The first-order valence-corrected chi connectivity index (χ1v) is 8.44. The van der Waals surface area contributed by atoms with Crippen LogP contribution in [0, 0.1) is 5.41 Å². The maximum atomic E-state index is 7.40. The van der Waals surface area contributed by atoms with Gasteiger partial charge in [-0.2, -0.15) is 0 Å². The van der Waals surface area contributed by atoms with Crippen LogP contribution in [0.25, 0.3) is 11.4 Å². The lowest BCUT2D eigenvalue weighted by atomic mass is 10.0. The van der Waals surface area contributed by atoms with Crippen LogP contribution in [0.5, 0.6) is 0 Å². The van der Waals surface area contributed by atoms with E-state index in [1.165, 1.54) is 11.8 Å². The van der Waals surface area contributed by atoms with Gasteiger partial charge in [0.25, 0.3) is 0 Å². The second-order valence-corrected chi connectivity index (χ2v) is 6.04. The normalized spacial score (nSPS) is 17.4. The lowest BCUT2D eigenvalue weighted by Crippen LogP contribution is -2.11. The monoisotopic (exact) mass is 337 g/mol. The maximum absolute atomic E-state index is 7.40. The van der Waals surface area contributed by atoms with Crippen molar-refractivity contribution in [2.75, 3.05) is 12.4 Å². The van der Waals surface area contributed by atoms with E-state index in [1.54, 1.807) is 19.4 Å². The number of nitrogens with zero attached hydrogens (tertiary/aromatic N) is 3. The fraction of sp³-hybridized carbons (Fsp3) is 0.333. The van der Waals surface area contributed by atoms with Crippen molar-refractivity contribution in [1.29, 1.82) is 5.41 Å². The van der Waals surface area contributed by atoms with Crippen LogP contribution in [0.3, 0.4) is 0 Å². The van der Waals surface area contributed by atoms with Gasteiger partial charge in [0.1, 0.15) is 0 Å². The summed E-state index contributed by atoms with van der Waals surface area (Å²) in [5.74, 6) is 0.427. The first-order valence-electron chi connectivity index (χ1n) is 8.44. The highest BCUT2D eigenvalue weighted by molar-refractivity contribution is 5.79. The number of aryl methyl sites for hydroxylation is 1. The second-order valence-electron chi connectivity index (χ2n) is 6.04. The molecule has 5 N–H and O–H groups in total. The van der Waals surface area contributed by atoms with E-state index in [0.29, 0.717) is 11.6 Å². The minimum absolute atomic E-state index is 0.0727. The summed E-state index contributed by atoms with van der Waals surface area (Å²) in [5.41, 5.74) is 10.8. The van der Waals surface area contributed by atoms with Crippen molar-refractivity contribution in [1.82, 2.24) is 20.3 Å². The molecule has 1 unspecified atom stereocenters. The molecule has 1 atom stereocenters. The molecule has 0 saturated heterocycles. The lowest BCUT2D eigenvalue weighted by Gasteiger charge is -2.13. The quantitative estimate of drug-likeness (QED) is 0.492. The number of pyridine rings is 1. The van der Waals surface area contributed by atoms with Crippen LogP contribution in [0.2, 0.25) is 0 Å². The highest BCUT2D eigenvalue weighted by Gasteiger charge is 2.17. The zero-order valence-electron chi connectivity index (χ0n) is 14.3. The Morgan fingerprint density at radius 1 is 1.32 bits per heavy atom. The average molecular weight is 337 g/mol. The van der Waals surface area contributed by atoms with Crippen molar-refractivity contribution in [3.8, 4) is 11.4 Å². The predicted molar refractivity (Wildman–Crippen MR) is 99.3 cm³/mol. The molecule has 2 heterocycles. The van der Waals surface area contributed by atoms with Gasteiger partial charge < -0.3 is 21.8 Å². The summed E-state index contributed by atoms with van der Waals surface area (Å²) in [4.78, 5) is 13.3. The summed E-state index contributed by atoms with van der Waals surface area (Å²) in [5, 5.41) is 13.3. The molecule has 0 aromatic carbocycles. The molecule has 3 rings (SSSR count). The number of anilines is 1. The van der Waals surface area contributed by atoms with E-state index in [4.69, 9.17) is 11.1 Å². The SMILES string of the molecule is CN/C=C(\C=N)Nc1nccc(-c2cc3c(cn2)C(N)CCCC3)n1. The van der Waals surface area contributed by atoms with E-state index in [9.17, 15) is 0 Å². The molecule has 7 nitrogen and oxygen atoms in total. The molecule has 1 aliphatic carbocycles. The van der Waals surface area contributed by atoms with Crippen LogP contribution in [0.1, 0.15) is 36.4 Å². The Bertz CT molecular complexity index is 785. The van der Waals surface area contributed by atoms with E-state index in [-0.39, 0.29) is 6.04 Å². The Balaban J connectivity index is 1.90. The van der Waals surface area contributed by atoms with Gasteiger partial charge in [0, 0.05) is 37.9 Å². The third kappa shape index (κ3) is 4.00. The molecule has 0 radical (unpaired) electrons. The fourth-order valence-corrected chi connectivity index (χ4v) is 2.99. The molecule has 25 heavy (non-hydrogen) atoms. The Morgan fingerprint density at radius 3 is 3.00 bits per heavy atom. The minimum Gasteiger partial charge on any atom is -0.392 e. The molecule has 0 amide bonds. The van der Waals surface area contributed by atoms with E-state index < -0.39 is 0 Å².